The molecule has 2 saturated heterocycles. The number of thioether (sulfide) groups is 2. The van der Waals surface area contributed by atoms with Gasteiger partial charge in [-0.15, -0.1) is 0 Å². The molecule has 11 heteroatoms. The zero-order chi connectivity index (χ0) is 37.6. The maximum atomic E-state index is 13.4. The first kappa shape index (κ1) is 42.1. The van der Waals surface area contributed by atoms with Crippen molar-refractivity contribution in [3.63, 3.8) is 0 Å². The number of benzene rings is 5. The number of rotatable bonds is 9. The lowest BCUT2D eigenvalue weighted by atomic mass is 9.88. The number of esters is 2. The second-order valence-corrected chi connectivity index (χ2v) is 14.8. The summed E-state index contributed by atoms with van der Waals surface area (Å²) in [7, 11) is 1.73. The molecule has 5 aromatic carbocycles. The van der Waals surface area contributed by atoms with Gasteiger partial charge in [0.05, 0.1) is 0 Å². The van der Waals surface area contributed by atoms with Crippen LogP contribution in [0.3, 0.4) is 0 Å². The van der Waals surface area contributed by atoms with Gasteiger partial charge in [-0.25, -0.2) is 0 Å². The molecule has 0 spiro atoms. The normalized spacial score (nSPS) is 20.9. The highest BCUT2D eigenvalue weighted by Crippen LogP contribution is 2.56. The summed E-state index contributed by atoms with van der Waals surface area (Å²) in [4.78, 5) is 64.6. The molecule has 2 aliphatic heterocycles. The van der Waals surface area contributed by atoms with Crippen molar-refractivity contribution in [3.8, 4) is 0 Å². The van der Waals surface area contributed by atoms with E-state index in [2.05, 4.69) is 0 Å². The van der Waals surface area contributed by atoms with Gasteiger partial charge in [0.1, 0.15) is 12.1 Å². The molecule has 3 amide bonds. The first-order valence-corrected chi connectivity index (χ1v) is 18.4. The summed E-state index contributed by atoms with van der Waals surface area (Å²) >= 11 is 2.43. The Bertz CT molecular complexity index is 2090. The molecule has 0 radical (unpaired) electrons. The minimum Gasteiger partial charge on any atom is -0.435 e. The van der Waals surface area contributed by atoms with E-state index in [1.807, 2.05) is 121 Å². The predicted molar refractivity (Wildman–Crippen MR) is 216 cm³/mol. The Labute approximate surface area is 331 Å². The number of ether oxygens (including phenoxy) is 2. The van der Waals surface area contributed by atoms with Gasteiger partial charge in [0.2, 0.25) is 0 Å². The average Bonchev–Trinajstić information content (AvgIpc) is 3.17. The summed E-state index contributed by atoms with van der Waals surface area (Å²) in [6.07, 6.45) is 0. The van der Waals surface area contributed by atoms with Crippen LogP contribution in [0.2, 0.25) is 0 Å². The fourth-order valence-electron chi connectivity index (χ4n) is 6.38. The molecule has 2 aliphatic rings. The first-order valence-electron chi connectivity index (χ1n) is 16.7. The number of imide groups is 1. The van der Waals surface area contributed by atoms with Crippen molar-refractivity contribution in [2.75, 3.05) is 7.05 Å². The van der Waals surface area contributed by atoms with Crippen molar-refractivity contribution in [2.24, 2.45) is 0 Å². The maximum Gasteiger partial charge on any atom is 0.304 e. The van der Waals surface area contributed by atoms with Gasteiger partial charge in [0, 0.05) is 36.2 Å². The highest BCUT2D eigenvalue weighted by atomic mass is 32.2. The largest absolute Gasteiger partial charge is 0.435 e. The fraction of sp³-hybridized carbons (Fsp3) is 0.205. The van der Waals surface area contributed by atoms with Crippen molar-refractivity contribution in [1.82, 2.24) is 9.80 Å². The molecule has 9 nitrogen and oxygen atoms in total. The molecule has 4 atom stereocenters. The standard InChI is InChI=1S/C24H19NO4S.C18H17NO3S.2CH4/c1-17(26)29-24(30-20-15-9-4-10-16-20)21(18-11-5-2-6-12-18)25(23(24)28)22(27)19-13-7-3-8-14-19;1-13(20)22-18(23-15-11-7-4-8-12-15)16(19(2)17(18)21)14-9-5-3-6-10-14;;/h2-16,21H,1H3;3-12,16H,1-2H3;2*1H4/t21-,24-;16-,18-;;/m00../s1. The Morgan fingerprint density at radius 3 is 1.27 bits per heavy atom. The Balaban J connectivity index is 0.000000244. The number of hydrogen-bond acceptors (Lipinski definition) is 9. The molecule has 7 rings (SSSR count). The van der Waals surface area contributed by atoms with Gasteiger partial charge in [-0.3, -0.25) is 28.9 Å². The van der Waals surface area contributed by atoms with Gasteiger partial charge in [-0.2, -0.15) is 0 Å². The third kappa shape index (κ3) is 8.53. The zero-order valence-corrected chi connectivity index (χ0v) is 30.8. The number of carbonyl (C=O) groups is 5. The van der Waals surface area contributed by atoms with Crippen LogP contribution in [-0.4, -0.2) is 56.4 Å². The maximum absolute atomic E-state index is 13.4. The molecule has 0 N–H and O–H groups in total. The Kier molecular flexibility index (Phi) is 13.9. The van der Waals surface area contributed by atoms with Crippen molar-refractivity contribution in [1.29, 1.82) is 0 Å². The lowest BCUT2D eigenvalue weighted by Gasteiger charge is -2.52. The monoisotopic (exact) mass is 776 g/mol. The van der Waals surface area contributed by atoms with Crippen LogP contribution in [0.5, 0.6) is 0 Å². The van der Waals surface area contributed by atoms with E-state index in [4.69, 9.17) is 9.47 Å². The first-order chi connectivity index (χ1) is 25.6. The summed E-state index contributed by atoms with van der Waals surface area (Å²) < 4.78 is 11.2. The van der Waals surface area contributed by atoms with Crippen LogP contribution in [0, 0.1) is 0 Å². The van der Waals surface area contributed by atoms with Crippen LogP contribution >= 0.6 is 23.5 Å². The summed E-state index contributed by atoms with van der Waals surface area (Å²) in [5.41, 5.74) is 2.05. The van der Waals surface area contributed by atoms with Crippen molar-refractivity contribution in [3.05, 3.63) is 168 Å². The quantitative estimate of drug-likeness (QED) is 0.0627. The SMILES string of the molecule is C.C.CC(=O)O[C@@]1(Sc2ccccc2)C(=O)N(C(=O)c2ccccc2)[C@H]1c1ccccc1.CC(=O)O[C@@]1(Sc2ccccc2)C(=O)N(C)[C@H]1c1ccccc1. The van der Waals surface area contributed by atoms with Crippen molar-refractivity contribution in [2.45, 2.75) is 60.4 Å². The second kappa shape index (κ2) is 18.1. The molecule has 55 heavy (non-hydrogen) atoms. The Hall–Kier alpha value is -5.65. The van der Waals surface area contributed by atoms with E-state index < -0.39 is 39.7 Å². The minimum absolute atomic E-state index is 0. The molecule has 0 bridgehead atoms. The van der Waals surface area contributed by atoms with E-state index in [9.17, 15) is 24.0 Å². The number of likely N-dealkylation sites (tertiary alicyclic amines) is 2. The molecule has 5 aromatic rings. The van der Waals surface area contributed by atoms with Crippen LogP contribution < -0.4 is 0 Å². The molecular weight excluding hydrogens is 733 g/mol. The molecule has 2 fully saturated rings. The Morgan fingerprint density at radius 1 is 0.527 bits per heavy atom. The summed E-state index contributed by atoms with van der Waals surface area (Å²) in [5.74, 6) is -2.22. The highest BCUT2D eigenvalue weighted by Gasteiger charge is 2.67. The van der Waals surface area contributed by atoms with Gasteiger partial charge in [0.15, 0.2) is 0 Å². The predicted octanol–water partition coefficient (Wildman–Crippen LogP) is 8.99. The van der Waals surface area contributed by atoms with E-state index in [-0.39, 0.29) is 26.8 Å². The molecule has 0 saturated carbocycles. The van der Waals surface area contributed by atoms with E-state index >= 15 is 0 Å². The number of nitrogens with zero attached hydrogens (tertiary/aromatic N) is 2. The zero-order valence-electron chi connectivity index (χ0n) is 29.2. The van der Waals surface area contributed by atoms with Crippen LogP contribution in [0.15, 0.2) is 161 Å². The van der Waals surface area contributed by atoms with E-state index in [1.54, 1.807) is 42.3 Å². The third-order valence-electron chi connectivity index (χ3n) is 8.59. The Morgan fingerprint density at radius 2 is 0.873 bits per heavy atom. The minimum atomic E-state index is -1.56. The van der Waals surface area contributed by atoms with Crippen LogP contribution in [-0.2, 0) is 28.7 Å². The summed E-state index contributed by atoms with van der Waals surface area (Å²) in [5, 5.41) is 0. The number of carbonyl (C=O) groups excluding carboxylic acids is 5. The van der Waals surface area contributed by atoms with Crippen LogP contribution in [0.4, 0.5) is 0 Å². The molecule has 0 aliphatic carbocycles. The van der Waals surface area contributed by atoms with Gasteiger partial charge in [0.25, 0.3) is 27.6 Å². The van der Waals surface area contributed by atoms with Gasteiger partial charge in [-0.05, 0) is 47.5 Å². The van der Waals surface area contributed by atoms with E-state index in [1.165, 1.54) is 30.5 Å². The smallest absolute Gasteiger partial charge is 0.304 e. The van der Waals surface area contributed by atoms with E-state index in [0.29, 0.717) is 11.1 Å². The number of hydrogen-bond donors (Lipinski definition) is 0. The molecular formula is C44H44N2O7S2. The van der Waals surface area contributed by atoms with Gasteiger partial charge in [-0.1, -0.05) is 154 Å². The summed E-state index contributed by atoms with van der Waals surface area (Å²) in [6.45, 7) is 2.60. The second-order valence-electron chi connectivity index (χ2n) is 12.2. The lowest BCUT2D eigenvalue weighted by Crippen LogP contribution is -2.69. The molecule has 284 valence electrons. The molecule has 0 aromatic heterocycles. The fourth-order valence-corrected chi connectivity index (χ4v) is 9.16. The average molecular weight is 777 g/mol. The van der Waals surface area contributed by atoms with E-state index in [0.717, 1.165) is 27.1 Å². The highest BCUT2D eigenvalue weighted by molar-refractivity contribution is 8.01. The van der Waals surface area contributed by atoms with Crippen LogP contribution in [0.25, 0.3) is 0 Å². The van der Waals surface area contributed by atoms with Gasteiger partial charge < -0.3 is 14.4 Å². The van der Waals surface area contributed by atoms with Gasteiger partial charge >= 0.3 is 11.9 Å². The van der Waals surface area contributed by atoms with Crippen LogP contribution in [0.1, 0.15) is 62.3 Å². The topological polar surface area (TPSA) is 110 Å². The number of amides is 3. The molecule has 2 heterocycles. The molecule has 0 unspecified atom stereocenters. The number of β-lactam (4-membered cyclic amide) rings is 2. The van der Waals surface area contributed by atoms with Crippen molar-refractivity contribution < 1.29 is 33.4 Å². The summed E-state index contributed by atoms with van der Waals surface area (Å²) in [6, 6.07) is 45.1. The third-order valence-corrected chi connectivity index (χ3v) is 11.2. The number of likely N-dealkylation sites (N-methyl/N-ethyl adjacent to an activating group) is 1. The lowest BCUT2D eigenvalue weighted by molar-refractivity contribution is -0.186. The van der Waals surface area contributed by atoms with Crippen molar-refractivity contribution >= 4 is 53.2 Å².